The van der Waals surface area contributed by atoms with E-state index in [9.17, 15) is 0 Å². The summed E-state index contributed by atoms with van der Waals surface area (Å²) in [6.45, 7) is 3.62. The largest absolute Gasteiger partial charge is 0.397 e. The number of aliphatic hydroxyl groups excluding tert-OH is 2. The highest BCUT2D eigenvalue weighted by Gasteiger charge is 2.07. The Labute approximate surface area is 86.4 Å². The van der Waals surface area contributed by atoms with Crippen LogP contribution in [0.15, 0.2) is 10.8 Å². The lowest BCUT2D eigenvalue weighted by Gasteiger charge is -2.01. The van der Waals surface area contributed by atoms with Gasteiger partial charge in [0.05, 0.1) is 0 Å². The molecule has 0 aliphatic carbocycles. The van der Waals surface area contributed by atoms with Gasteiger partial charge in [-0.2, -0.15) is 0 Å². The molecule has 4 nitrogen and oxygen atoms in total. The van der Waals surface area contributed by atoms with Crippen molar-refractivity contribution in [2.75, 3.05) is 6.61 Å². The molecule has 0 aromatic carbocycles. The predicted octanol–water partition coefficient (Wildman–Crippen LogP) is 1.23. The highest BCUT2D eigenvalue weighted by molar-refractivity contribution is 9.10. The number of aliphatic hydroxyl groups is 2. The van der Waals surface area contributed by atoms with Gasteiger partial charge in [0, 0.05) is 19.9 Å². The Morgan fingerprint density at radius 3 is 2.31 bits per heavy atom. The van der Waals surface area contributed by atoms with Crippen LogP contribution in [-0.4, -0.2) is 26.4 Å². The number of rotatable bonds is 1. The van der Waals surface area contributed by atoms with E-state index in [4.69, 9.17) is 10.2 Å². The second-order valence-corrected chi connectivity index (χ2v) is 3.34. The molecule has 0 amide bonds. The fraction of sp³-hybridized carbons (Fsp3) is 0.625. The summed E-state index contributed by atoms with van der Waals surface area (Å²) in [7, 11) is 1.85. The molecule has 1 aromatic heterocycles. The van der Waals surface area contributed by atoms with Crippen molar-refractivity contribution in [2.45, 2.75) is 20.0 Å². The summed E-state index contributed by atoms with van der Waals surface area (Å²) in [4.78, 5) is 4.04. The van der Waals surface area contributed by atoms with Crippen LogP contribution in [-0.2, 0) is 7.05 Å². The molecular formula is C8H15BrN2O2. The van der Waals surface area contributed by atoms with E-state index in [1.54, 1.807) is 18.4 Å². The standard InChI is InChI=1S/C6H9BrN2O.C2H6O/c1-4(10)6-8-5(7)3-9(6)2;1-2-3/h3-4,10H,1-2H3;3H,2H2,1H3. The molecule has 0 fully saturated rings. The molecule has 1 atom stereocenters. The van der Waals surface area contributed by atoms with Gasteiger partial charge in [-0.05, 0) is 29.8 Å². The number of imidazole rings is 1. The van der Waals surface area contributed by atoms with Crippen LogP contribution in [0.4, 0.5) is 0 Å². The zero-order valence-electron chi connectivity index (χ0n) is 8.03. The van der Waals surface area contributed by atoms with Gasteiger partial charge in [-0.15, -0.1) is 0 Å². The van der Waals surface area contributed by atoms with Crippen molar-refractivity contribution in [3.05, 3.63) is 16.6 Å². The number of hydrogen-bond acceptors (Lipinski definition) is 3. The van der Waals surface area contributed by atoms with E-state index in [0.29, 0.717) is 5.82 Å². The molecule has 0 radical (unpaired) electrons. The molecule has 1 heterocycles. The van der Waals surface area contributed by atoms with Crippen LogP contribution < -0.4 is 0 Å². The zero-order chi connectivity index (χ0) is 10.4. The number of halogens is 1. The summed E-state index contributed by atoms with van der Waals surface area (Å²) in [6.07, 6.45) is 1.30. The molecule has 0 aliphatic heterocycles. The SMILES string of the molecule is CC(O)c1nc(Br)cn1C.CCO. The van der Waals surface area contributed by atoms with Gasteiger partial charge >= 0.3 is 0 Å². The third kappa shape index (κ3) is 4.40. The van der Waals surface area contributed by atoms with E-state index in [1.165, 1.54) is 0 Å². The molecule has 0 bridgehead atoms. The molecular weight excluding hydrogens is 236 g/mol. The normalized spacial score (nSPS) is 11.8. The van der Waals surface area contributed by atoms with Gasteiger partial charge < -0.3 is 14.8 Å². The fourth-order valence-corrected chi connectivity index (χ4v) is 1.32. The van der Waals surface area contributed by atoms with Crippen molar-refractivity contribution in [3.8, 4) is 0 Å². The molecule has 2 N–H and O–H groups in total. The van der Waals surface area contributed by atoms with Crippen LogP contribution in [0, 0.1) is 0 Å². The lowest BCUT2D eigenvalue weighted by Crippen LogP contribution is -2.00. The predicted molar refractivity (Wildman–Crippen MR) is 54.3 cm³/mol. The quantitative estimate of drug-likeness (QED) is 0.789. The van der Waals surface area contributed by atoms with Gasteiger partial charge in [0.15, 0.2) is 0 Å². The van der Waals surface area contributed by atoms with Crippen molar-refractivity contribution in [1.82, 2.24) is 9.55 Å². The topological polar surface area (TPSA) is 58.3 Å². The molecule has 1 unspecified atom stereocenters. The maximum atomic E-state index is 9.11. The Kier molecular flexibility index (Phi) is 5.94. The van der Waals surface area contributed by atoms with E-state index in [2.05, 4.69) is 20.9 Å². The van der Waals surface area contributed by atoms with Crippen molar-refractivity contribution >= 4 is 15.9 Å². The molecule has 1 aromatic rings. The van der Waals surface area contributed by atoms with E-state index >= 15 is 0 Å². The molecule has 1 rings (SSSR count). The van der Waals surface area contributed by atoms with Gasteiger partial charge in [0.25, 0.3) is 0 Å². The maximum absolute atomic E-state index is 9.11. The maximum Gasteiger partial charge on any atom is 0.138 e. The summed E-state index contributed by atoms with van der Waals surface area (Å²) < 4.78 is 2.54. The first-order chi connectivity index (χ1) is 6.02. The average molecular weight is 251 g/mol. The minimum atomic E-state index is -0.503. The third-order valence-corrected chi connectivity index (χ3v) is 1.64. The minimum Gasteiger partial charge on any atom is -0.397 e. The van der Waals surface area contributed by atoms with Crippen LogP contribution in [0.5, 0.6) is 0 Å². The van der Waals surface area contributed by atoms with E-state index < -0.39 is 6.10 Å². The number of nitrogens with zero attached hydrogens (tertiary/aromatic N) is 2. The fourth-order valence-electron chi connectivity index (χ4n) is 0.831. The van der Waals surface area contributed by atoms with E-state index in [0.717, 1.165) is 4.60 Å². The zero-order valence-corrected chi connectivity index (χ0v) is 9.61. The first-order valence-corrected chi connectivity index (χ1v) is 4.79. The lowest BCUT2D eigenvalue weighted by molar-refractivity contribution is 0.185. The van der Waals surface area contributed by atoms with Crippen LogP contribution in [0.2, 0.25) is 0 Å². The van der Waals surface area contributed by atoms with Crippen LogP contribution in [0.1, 0.15) is 25.8 Å². The Bertz CT molecular complexity index is 248. The summed E-state index contributed by atoms with van der Waals surface area (Å²) in [5, 5.41) is 16.7. The van der Waals surface area contributed by atoms with Gasteiger partial charge in [-0.3, -0.25) is 0 Å². The van der Waals surface area contributed by atoms with Gasteiger partial charge in [0.2, 0.25) is 0 Å². The van der Waals surface area contributed by atoms with Gasteiger partial charge in [-0.1, -0.05) is 0 Å². The average Bonchev–Trinajstić information content (AvgIpc) is 2.31. The van der Waals surface area contributed by atoms with Crippen molar-refractivity contribution in [1.29, 1.82) is 0 Å². The molecule has 76 valence electrons. The minimum absolute atomic E-state index is 0.250. The molecule has 5 heteroatoms. The highest BCUT2D eigenvalue weighted by atomic mass is 79.9. The number of aromatic nitrogens is 2. The Hall–Kier alpha value is -0.390. The Balaban J connectivity index is 0.000000424. The summed E-state index contributed by atoms with van der Waals surface area (Å²) >= 11 is 3.21. The van der Waals surface area contributed by atoms with Crippen LogP contribution in [0.25, 0.3) is 0 Å². The van der Waals surface area contributed by atoms with E-state index in [1.807, 2.05) is 13.2 Å². The third-order valence-electron chi connectivity index (χ3n) is 1.26. The number of aryl methyl sites for hydroxylation is 1. The molecule has 0 aliphatic rings. The van der Waals surface area contributed by atoms with Crippen molar-refractivity contribution < 1.29 is 10.2 Å². The molecule has 13 heavy (non-hydrogen) atoms. The molecule has 0 saturated carbocycles. The van der Waals surface area contributed by atoms with Gasteiger partial charge in [0.1, 0.15) is 16.5 Å². The highest BCUT2D eigenvalue weighted by Crippen LogP contribution is 2.13. The Morgan fingerprint density at radius 1 is 1.69 bits per heavy atom. The summed E-state index contributed by atoms with van der Waals surface area (Å²) in [5.74, 6) is 0.673. The molecule has 0 saturated heterocycles. The first kappa shape index (κ1) is 12.6. The Morgan fingerprint density at radius 2 is 2.15 bits per heavy atom. The number of hydrogen-bond donors (Lipinski definition) is 2. The lowest BCUT2D eigenvalue weighted by atomic mass is 10.4. The smallest absolute Gasteiger partial charge is 0.138 e. The van der Waals surface area contributed by atoms with Crippen LogP contribution in [0.3, 0.4) is 0 Å². The van der Waals surface area contributed by atoms with Crippen LogP contribution >= 0.6 is 15.9 Å². The van der Waals surface area contributed by atoms with E-state index in [-0.39, 0.29) is 6.61 Å². The van der Waals surface area contributed by atoms with Crippen molar-refractivity contribution in [2.24, 2.45) is 7.05 Å². The second-order valence-electron chi connectivity index (χ2n) is 2.52. The molecule has 0 spiro atoms. The monoisotopic (exact) mass is 250 g/mol. The second kappa shape index (κ2) is 6.12. The summed E-state index contributed by atoms with van der Waals surface area (Å²) in [5.41, 5.74) is 0. The summed E-state index contributed by atoms with van der Waals surface area (Å²) in [6, 6.07) is 0. The first-order valence-electron chi connectivity index (χ1n) is 4.00. The van der Waals surface area contributed by atoms with Gasteiger partial charge in [-0.25, -0.2) is 4.98 Å². The van der Waals surface area contributed by atoms with Crippen molar-refractivity contribution in [3.63, 3.8) is 0 Å².